The van der Waals surface area contributed by atoms with Crippen LogP contribution in [-0.2, 0) is 49.6 Å². The highest BCUT2D eigenvalue weighted by Gasteiger charge is 2.40. The standard InChI is InChI=1S/C47H79N17O12/c1-26(58-44(73)37(35(65)24-51)63-40(69)29(52)12-2-4-17-48)39(68)57-25-36(66)59-31(14-7-19-50)45(74)64-21-9-16-34(64)43(72)62-33(23-27-10-6-11-28(22-27)38(53)67)42(71)60-30(13-3-5-18-49)41(70)61-32(46(75)76)15-8-20-56-47(54)55/h6,10-11,15,22,26,29-31,33-35,37,65H,2-5,7-9,12-14,16-21,23-25,48-52H2,1H3,(H2,53,67)(H,57,68)(H,58,73)(H,59,66)(H,60,71)(H,61,70)(H,62,72)(H,63,69)(H,75,76)(H4,54,55,56)/b32-15-/t26-,29-,30-,31+,33?,34-,35-,37-/m0/s1. The van der Waals surface area contributed by atoms with E-state index in [1.54, 1.807) is 6.07 Å². The van der Waals surface area contributed by atoms with Gasteiger partial charge in [0.05, 0.1) is 18.7 Å². The zero-order valence-electron chi connectivity index (χ0n) is 42.9. The Labute approximate surface area is 440 Å². The lowest BCUT2D eigenvalue weighted by Crippen LogP contribution is -2.60. The second-order valence-electron chi connectivity index (χ2n) is 18.1. The number of benzene rings is 1. The van der Waals surface area contributed by atoms with Crippen molar-refractivity contribution in [3.8, 4) is 0 Å². The van der Waals surface area contributed by atoms with Crippen molar-refractivity contribution in [1.29, 1.82) is 0 Å². The van der Waals surface area contributed by atoms with Crippen LogP contribution >= 0.6 is 0 Å². The number of carboxylic acids is 1. The van der Waals surface area contributed by atoms with Gasteiger partial charge in [0.15, 0.2) is 5.96 Å². The van der Waals surface area contributed by atoms with Gasteiger partial charge in [0.25, 0.3) is 0 Å². The topological polar surface area (TPSA) is 519 Å². The van der Waals surface area contributed by atoms with Crippen LogP contribution in [0.15, 0.2) is 41.0 Å². The second-order valence-corrected chi connectivity index (χ2v) is 18.1. The molecule has 76 heavy (non-hydrogen) atoms. The van der Waals surface area contributed by atoms with Gasteiger partial charge in [-0.25, -0.2) is 4.79 Å². The quantitative estimate of drug-likeness (QED) is 0.0130. The van der Waals surface area contributed by atoms with Crippen molar-refractivity contribution in [3.63, 3.8) is 0 Å². The van der Waals surface area contributed by atoms with Gasteiger partial charge in [-0.3, -0.25) is 48.1 Å². The van der Waals surface area contributed by atoms with Gasteiger partial charge in [-0.15, -0.1) is 0 Å². The van der Waals surface area contributed by atoms with Crippen LogP contribution in [-0.4, -0.2) is 174 Å². The molecular weight excluding hydrogens is 995 g/mol. The van der Waals surface area contributed by atoms with E-state index in [0.717, 1.165) is 0 Å². The first-order chi connectivity index (χ1) is 36.1. The molecule has 424 valence electrons. The van der Waals surface area contributed by atoms with Crippen molar-refractivity contribution in [2.75, 3.05) is 45.8 Å². The number of nitrogens with one attached hydrogen (secondary N) is 7. The lowest BCUT2D eigenvalue weighted by atomic mass is 10.0. The Morgan fingerprint density at radius 1 is 0.763 bits per heavy atom. The number of hydrogen-bond donors (Lipinski definition) is 17. The molecule has 0 radical (unpaired) electrons. The predicted molar refractivity (Wildman–Crippen MR) is 278 cm³/mol. The predicted octanol–water partition coefficient (Wildman–Crippen LogP) is -6.73. The molecule has 1 saturated heterocycles. The fraction of sp³-hybridized carbons (Fsp3) is 0.596. The molecule has 25 N–H and O–H groups in total. The van der Waals surface area contributed by atoms with Gasteiger partial charge < -0.3 is 98.2 Å². The van der Waals surface area contributed by atoms with E-state index in [4.69, 9.17) is 45.9 Å². The van der Waals surface area contributed by atoms with E-state index in [0.29, 0.717) is 44.2 Å². The number of amides is 9. The number of carbonyl (C=O) groups excluding carboxylic acids is 9. The third-order valence-corrected chi connectivity index (χ3v) is 12.0. The molecule has 8 atom stereocenters. The van der Waals surface area contributed by atoms with E-state index in [-0.39, 0.29) is 82.6 Å². The van der Waals surface area contributed by atoms with Crippen LogP contribution in [0.3, 0.4) is 0 Å². The number of hydrogen-bond acceptors (Lipinski definition) is 17. The minimum atomic E-state index is -1.58. The largest absolute Gasteiger partial charge is 0.477 e. The number of aliphatic carboxylic acids is 1. The average Bonchev–Trinajstić information content (AvgIpc) is 3.88. The van der Waals surface area contributed by atoms with E-state index in [2.05, 4.69) is 42.2 Å². The summed E-state index contributed by atoms with van der Waals surface area (Å²) >= 11 is 0. The Bertz CT molecular complexity index is 2210. The Morgan fingerprint density at radius 2 is 1.42 bits per heavy atom. The molecule has 1 fully saturated rings. The number of rotatable bonds is 35. The van der Waals surface area contributed by atoms with Gasteiger partial charge in [-0.05, 0) is 108 Å². The monoisotopic (exact) mass is 1070 g/mol. The average molecular weight is 1070 g/mol. The molecule has 0 saturated carbocycles. The molecule has 0 aromatic heterocycles. The number of carboxylic acid groups (broad SMARTS) is 1. The molecule has 1 aromatic carbocycles. The van der Waals surface area contributed by atoms with Crippen molar-refractivity contribution in [1.82, 2.24) is 42.1 Å². The van der Waals surface area contributed by atoms with Crippen LogP contribution in [0, 0.1) is 0 Å². The van der Waals surface area contributed by atoms with E-state index in [1.807, 2.05) is 0 Å². The third-order valence-electron chi connectivity index (χ3n) is 12.0. The van der Waals surface area contributed by atoms with Gasteiger partial charge >= 0.3 is 5.97 Å². The van der Waals surface area contributed by atoms with Crippen LogP contribution in [0.1, 0.15) is 93.5 Å². The van der Waals surface area contributed by atoms with Crippen molar-refractivity contribution < 1.29 is 58.2 Å². The zero-order chi connectivity index (χ0) is 56.9. The molecule has 1 aliphatic rings. The number of likely N-dealkylation sites (tertiary alicyclic amines) is 1. The summed E-state index contributed by atoms with van der Waals surface area (Å²) < 4.78 is 0. The number of unbranched alkanes of at least 4 members (excludes halogenated alkanes) is 2. The number of nitrogens with zero attached hydrogens (tertiary/aromatic N) is 2. The molecule has 1 aliphatic heterocycles. The van der Waals surface area contributed by atoms with E-state index in [9.17, 15) is 58.2 Å². The van der Waals surface area contributed by atoms with Gasteiger partial charge in [-0.1, -0.05) is 24.6 Å². The van der Waals surface area contributed by atoms with Crippen LogP contribution in [0.4, 0.5) is 0 Å². The molecule has 29 heteroatoms. The summed E-state index contributed by atoms with van der Waals surface area (Å²) in [6, 6.07) is -3.18. The van der Waals surface area contributed by atoms with Crippen LogP contribution in [0.2, 0.25) is 0 Å². The van der Waals surface area contributed by atoms with Gasteiger partial charge in [-0.2, -0.15) is 0 Å². The molecule has 1 aromatic rings. The Kier molecular flexibility index (Phi) is 29.2. The molecule has 29 nitrogen and oxygen atoms in total. The Balaban J connectivity index is 2.30. The summed E-state index contributed by atoms with van der Waals surface area (Å²) in [6.45, 7) is 1.01. The van der Waals surface area contributed by atoms with Crippen molar-refractivity contribution >= 4 is 65.1 Å². The summed E-state index contributed by atoms with van der Waals surface area (Å²) in [5.74, 6) is -9.09. The zero-order valence-corrected chi connectivity index (χ0v) is 42.9. The number of nitrogens with two attached hydrogens (primary N) is 8. The van der Waals surface area contributed by atoms with Gasteiger partial charge in [0, 0.05) is 31.6 Å². The van der Waals surface area contributed by atoms with E-state index < -0.39 is 126 Å². The smallest absolute Gasteiger partial charge is 0.352 e. The summed E-state index contributed by atoms with van der Waals surface area (Å²) in [5.41, 5.74) is 44.6. The normalized spacial score (nSPS) is 16.0. The molecule has 2 rings (SSSR count). The lowest BCUT2D eigenvalue weighted by Gasteiger charge is -2.30. The minimum Gasteiger partial charge on any atom is -0.477 e. The molecule has 1 unspecified atom stereocenters. The SMILES string of the molecule is C[C@H](NC(=O)[C@@H](NC(=O)[C@@H](N)CCCCN)[C@@H](O)CN)C(=O)NCC(=O)N[C@H](CCCN)C(=O)N1CCC[C@H]1C(=O)NC(Cc1cccc(C(N)=O)c1)C(=O)N[C@@H](CCCCN)C(=O)N/C(=C\CCN=C(N)N)C(=O)O. The highest BCUT2D eigenvalue weighted by molar-refractivity contribution is 5.99. The number of aliphatic hydroxyl groups excluding tert-OH is 1. The van der Waals surface area contributed by atoms with Crippen LogP contribution in [0.25, 0.3) is 0 Å². The van der Waals surface area contributed by atoms with Crippen molar-refractivity contribution in [2.45, 2.75) is 132 Å². The Hall–Kier alpha value is -7.31. The fourth-order valence-electron chi connectivity index (χ4n) is 7.80. The highest BCUT2D eigenvalue weighted by Crippen LogP contribution is 2.21. The summed E-state index contributed by atoms with van der Waals surface area (Å²) in [6.07, 6.45) is 2.34. The Morgan fingerprint density at radius 3 is 2.04 bits per heavy atom. The van der Waals surface area contributed by atoms with Crippen molar-refractivity contribution in [2.24, 2.45) is 50.9 Å². The molecule has 0 bridgehead atoms. The summed E-state index contributed by atoms with van der Waals surface area (Å²) in [5, 5.41) is 37.5. The van der Waals surface area contributed by atoms with E-state index in [1.165, 1.54) is 36.1 Å². The minimum absolute atomic E-state index is 0.00185. The maximum Gasteiger partial charge on any atom is 0.352 e. The lowest BCUT2D eigenvalue weighted by molar-refractivity contribution is -0.142. The first kappa shape index (κ1) is 64.8. The number of aliphatic imine (C=N–C) groups is 1. The highest BCUT2D eigenvalue weighted by atomic mass is 16.4. The molecule has 0 spiro atoms. The first-order valence-electron chi connectivity index (χ1n) is 25.1. The number of primary amides is 1. The third kappa shape index (κ3) is 22.7. The van der Waals surface area contributed by atoms with Gasteiger partial charge in [0.2, 0.25) is 53.2 Å². The van der Waals surface area contributed by atoms with Crippen LogP contribution in [0.5, 0.6) is 0 Å². The van der Waals surface area contributed by atoms with Gasteiger partial charge in [0.1, 0.15) is 41.9 Å². The molecule has 1 heterocycles. The van der Waals surface area contributed by atoms with E-state index >= 15 is 0 Å². The first-order valence-corrected chi connectivity index (χ1v) is 25.1. The molecule has 0 aliphatic carbocycles. The van der Waals surface area contributed by atoms with Crippen LogP contribution < -0.4 is 83.1 Å². The molecular formula is C47H79N17O12. The fourth-order valence-corrected chi connectivity index (χ4v) is 7.80. The maximum absolute atomic E-state index is 14.3. The number of guanidine groups is 1. The number of aliphatic hydroxyl groups is 1. The second kappa shape index (κ2) is 34.3. The maximum atomic E-state index is 14.3. The molecule has 9 amide bonds. The summed E-state index contributed by atoms with van der Waals surface area (Å²) in [4.78, 5) is 138. The number of carbonyl (C=O) groups is 10. The summed E-state index contributed by atoms with van der Waals surface area (Å²) in [7, 11) is 0. The van der Waals surface area contributed by atoms with Crippen molar-refractivity contribution in [3.05, 3.63) is 47.2 Å².